The molecular weight excluding hydrogens is 376 g/mol. The molecule has 1 aliphatic rings. The highest BCUT2D eigenvalue weighted by Crippen LogP contribution is 2.13. The van der Waals surface area contributed by atoms with Crippen LogP contribution in [-0.4, -0.2) is 55.3 Å². The monoisotopic (exact) mass is 395 g/mol. The lowest BCUT2D eigenvalue weighted by atomic mass is 10.1. The summed E-state index contributed by atoms with van der Waals surface area (Å²) in [7, 11) is -3.04. The number of rotatable bonds is 5. The van der Waals surface area contributed by atoms with Crippen LogP contribution in [-0.2, 0) is 16.3 Å². The van der Waals surface area contributed by atoms with E-state index in [1.807, 2.05) is 0 Å². The summed E-state index contributed by atoms with van der Waals surface area (Å²) in [6.45, 7) is 0.766. The Hall–Kier alpha value is -2.55. The van der Waals surface area contributed by atoms with Gasteiger partial charge in [0.05, 0.1) is 17.1 Å². The van der Waals surface area contributed by atoms with Gasteiger partial charge in [0.2, 0.25) is 0 Å². The maximum Gasteiger partial charge on any atom is 0.255 e. The number of benzene rings is 1. The number of nitrogens with zero attached hydrogens (tertiary/aromatic N) is 2. The number of anilines is 1. The summed E-state index contributed by atoms with van der Waals surface area (Å²) in [5.41, 5.74) is 0.778. The van der Waals surface area contributed by atoms with E-state index in [0.717, 1.165) is 6.07 Å². The van der Waals surface area contributed by atoms with Gasteiger partial charge in [0, 0.05) is 31.9 Å². The van der Waals surface area contributed by atoms with Crippen molar-refractivity contribution in [1.29, 1.82) is 0 Å². The zero-order valence-corrected chi connectivity index (χ0v) is 15.3. The molecule has 144 valence electrons. The van der Waals surface area contributed by atoms with Crippen LogP contribution < -0.4 is 5.32 Å². The lowest BCUT2D eigenvalue weighted by Crippen LogP contribution is -2.43. The van der Waals surface area contributed by atoms with E-state index in [2.05, 4.69) is 10.3 Å². The fourth-order valence-corrected chi connectivity index (χ4v) is 3.97. The van der Waals surface area contributed by atoms with Crippen molar-refractivity contribution in [2.24, 2.45) is 0 Å². The minimum atomic E-state index is -3.04. The number of amides is 1. The van der Waals surface area contributed by atoms with E-state index in [4.69, 9.17) is 0 Å². The SMILES string of the molecule is O=C(c1ccc(NCCc2ccc(F)cc2F)nc1)N1CCS(=O)(=O)CC1. The number of pyridine rings is 1. The molecule has 1 aliphatic heterocycles. The molecule has 0 bridgehead atoms. The van der Waals surface area contributed by atoms with E-state index in [-0.39, 0.29) is 30.5 Å². The summed E-state index contributed by atoms with van der Waals surface area (Å²) >= 11 is 0. The first kappa shape index (κ1) is 19.2. The van der Waals surface area contributed by atoms with Crippen molar-refractivity contribution in [3.8, 4) is 0 Å². The number of aromatic nitrogens is 1. The molecule has 1 aromatic carbocycles. The molecule has 1 N–H and O–H groups in total. The lowest BCUT2D eigenvalue weighted by molar-refractivity contribution is 0.0770. The third-order valence-electron chi connectivity index (χ3n) is 4.36. The van der Waals surface area contributed by atoms with E-state index in [1.165, 1.54) is 23.2 Å². The smallest absolute Gasteiger partial charge is 0.255 e. The predicted octanol–water partition coefficient (Wildman–Crippen LogP) is 1.88. The van der Waals surface area contributed by atoms with Gasteiger partial charge in [-0.25, -0.2) is 22.2 Å². The third-order valence-corrected chi connectivity index (χ3v) is 5.97. The molecule has 27 heavy (non-hydrogen) atoms. The molecule has 0 saturated carbocycles. The molecule has 0 aliphatic carbocycles. The van der Waals surface area contributed by atoms with Crippen molar-refractivity contribution >= 4 is 21.6 Å². The van der Waals surface area contributed by atoms with Gasteiger partial charge >= 0.3 is 0 Å². The van der Waals surface area contributed by atoms with Crippen LogP contribution in [0.15, 0.2) is 36.5 Å². The van der Waals surface area contributed by atoms with Gasteiger partial charge in [-0.3, -0.25) is 4.79 Å². The molecule has 1 aromatic heterocycles. The lowest BCUT2D eigenvalue weighted by Gasteiger charge is -2.26. The Morgan fingerprint density at radius 1 is 1.15 bits per heavy atom. The predicted molar refractivity (Wildman–Crippen MR) is 97.3 cm³/mol. The van der Waals surface area contributed by atoms with Crippen LogP contribution in [0, 0.1) is 11.6 Å². The molecule has 1 saturated heterocycles. The first-order chi connectivity index (χ1) is 12.8. The highest BCUT2D eigenvalue weighted by Gasteiger charge is 2.25. The molecule has 6 nitrogen and oxygen atoms in total. The number of sulfone groups is 1. The second-order valence-corrected chi connectivity index (χ2v) is 8.59. The largest absolute Gasteiger partial charge is 0.370 e. The number of nitrogens with one attached hydrogen (secondary N) is 1. The highest BCUT2D eigenvalue weighted by atomic mass is 32.2. The second kappa shape index (κ2) is 7.99. The van der Waals surface area contributed by atoms with Gasteiger partial charge in [-0.2, -0.15) is 0 Å². The minimum absolute atomic E-state index is 0.0221. The molecular formula is C18H19F2N3O3S. The topological polar surface area (TPSA) is 79.4 Å². The van der Waals surface area contributed by atoms with Crippen molar-refractivity contribution in [1.82, 2.24) is 9.88 Å². The zero-order valence-electron chi connectivity index (χ0n) is 14.5. The van der Waals surface area contributed by atoms with Crippen LogP contribution in [0.4, 0.5) is 14.6 Å². The molecule has 3 rings (SSSR count). The maximum atomic E-state index is 13.6. The number of hydrogen-bond acceptors (Lipinski definition) is 5. The molecule has 0 radical (unpaired) electrons. The van der Waals surface area contributed by atoms with Gasteiger partial charge in [-0.1, -0.05) is 6.07 Å². The second-order valence-electron chi connectivity index (χ2n) is 6.29. The van der Waals surface area contributed by atoms with Crippen molar-refractivity contribution in [3.63, 3.8) is 0 Å². The number of carbonyl (C=O) groups excluding carboxylic acids is 1. The van der Waals surface area contributed by atoms with Crippen molar-refractivity contribution < 1.29 is 22.0 Å². The summed E-state index contributed by atoms with van der Waals surface area (Å²) in [5, 5.41) is 3.02. The Kier molecular flexibility index (Phi) is 5.69. The van der Waals surface area contributed by atoms with Crippen LogP contribution in [0.5, 0.6) is 0 Å². The van der Waals surface area contributed by atoms with Gasteiger partial charge in [-0.15, -0.1) is 0 Å². The number of halogens is 2. The average molecular weight is 395 g/mol. The first-order valence-electron chi connectivity index (χ1n) is 8.48. The molecule has 1 amide bonds. The summed E-state index contributed by atoms with van der Waals surface area (Å²) in [6.07, 6.45) is 1.78. The van der Waals surface area contributed by atoms with Gasteiger partial charge in [0.1, 0.15) is 17.5 Å². The van der Waals surface area contributed by atoms with Crippen molar-refractivity contribution in [2.75, 3.05) is 36.5 Å². The standard InChI is InChI=1S/C18H19F2N3O3S/c19-15-3-1-13(16(20)11-15)5-6-21-17-4-2-14(12-22-17)18(24)23-7-9-27(25,26)10-8-23/h1-4,11-12H,5-10H2,(H,21,22). The molecule has 0 spiro atoms. The van der Waals surface area contributed by atoms with Crippen LogP contribution in [0.3, 0.4) is 0 Å². The average Bonchev–Trinajstić information content (AvgIpc) is 2.63. The van der Waals surface area contributed by atoms with E-state index >= 15 is 0 Å². The molecule has 1 fully saturated rings. The Morgan fingerprint density at radius 3 is 2.52 bits per heavy atom. The quantitative estimate of drug-likeness (QED) is 0.836. The van der Waals surface area contributed by atoms with Crippen molar-refractivity contribution in [3.05, 3.63) is 59.3 Å². The maximum absolute atomic E-state index is 13.6. The summed E-state index contributed by atoms with van der Waals surface area (Å²) in [4.78, 5) is 18.0. The van der Waals surface area contributed by atoms with Crippen LogP contribution >= 0.6 is 0 Å². The Balaban J connectivity index is 1.53. The number of carbonyl (C=O) groups is 1. The zero-order chi connectivity index (χ0) is 19.4. The normalized spacial score (nSPS) is 16.1. The van der Waals surface area contributed by atoms with E-state index in [9.17, 15) is 22.0 Å². The van der Waals surface area contributed by atoms with Gasteiger partial charge in [-0.05, 0) is 30.2 Å². The van der Waals surface area contributed by atoms with E-state index < -0.39 is 21.5 Å². The summed E-state index contributed by atoms with van der Waals surface area (Å²) in [5.74, 6) is -0.975. The summed E-state index contributed by atoms with van der Waals surface area (Å²) < 4.78 is 49.3. The molecule has 9 heteroatoms. The molecule has 2 heterocycles. The first-order valence-corrected chi connectivity index (χ1v) is 10.3. The molecule has 0 atom stereocenters. The van der Waals surface area contributed by atoms with Crippen LogP contribution in [0.2, 0.25) is 0 Å². The van der Waals surface area contributed by atoms with Gasteiger partial charge in [0.15, 0.2) is 9.84 Å². The Bertz CT molecular complexity index is 919. The van der Waals surface area contributed by atoms with Gasteiger partial charge < -0.3 is 10.2 Å². The van der Waals surface area contributed by atoms with E-state index in [1.54, 1.807) is 12.1 Å². The fraction of sp³-hybridized carbons (Fsp3) is 0.333. The third kappa shape index (κ3) is 5.00. The number of hydrogen-bond donors (Lipinski definition) is 1. The summed E-state index contributed by atoms with van der Waals surface area (Å²) in [6, 6.07) is 6.71. The molecule has 0 unspecified atom stereocenters. The highest BCUT2D eigenvalue weighted by molar-refractivity contribution is 7.91. The van der Waals surface area contributed by atoms with Crippen LogP contribution in [0.1, 0.15) is 15.9 Å². The Labute approximate surface area is 156 Å². The van der Waals surface area contributed by atoms with Crippen LogP contribution in [0.25, 0.3) is 0 Å². The minimum Gasteiger partial charge on any atom is -0.370 e. The van der Waals surface area contributed by atoms with Gasteiger partial charge in [0.25, 0.3) is 5.91 Å². The van der Waals surface area contributed by atoms with E-state index in [0.29, 0.717) is 29.9 Å². The fourth-order valence-electron chi connectivity index (χ4n) is 2.77. The molecule has 2 aromatic rings. The Morgan fingerprint density at radius 2 is 1.89 bits per heavy atom. The van der Waals surface area contributed by atoms with Crippen molar-refractivity contribution in [2.45, 2.75) is 6.42 Å².